The Morgan fingerprint density at radius 1 is 1.17 bits per heavy atom. The first-order valence-electron chi connectivity index (χ1n) is 8.93. The third-order valence-corrected chi connectivity index (χ3v) is 5.91. The second kappa shape index (κ2) is 10.9. The molecule has 1 aromatic heterocycles. The molecule has 0 saturated carbocycles. The number of nitrogens with zero attached hydrogens (tertiary/aromatic N) is 3. The summed E-state index contributed by atoms with van der Waals surface area (Å²) in [6, 6.07) is 15.9. The Hall–Kier alpha value is -2.49. The molecule has 9 heteroatoms. The lowest BCUT2D eigenvalue weighted by Crippen LogP contribution is -2.34. The summed E-state index contributed by atoms with van der Waals surface area (Å²) in [6.07, 6.45) is 0. The molecule has 3 aromatic rings. The Bertz CT molecular complexity index is 906. The fourth-order valence-corrected chi connectivity index (χ4v) is 4.16. The smallest absolute Gasteiger partial charge is 0.233 e. The standard InChI is InChI=1S/C20H21FN4O2S2/c1-27-12-11-25(13-15-5-3-2-4-6-15)18(26)14-28-20-24-23-19(29-20)22-17-9-7-16(21)8-10-17/h2-10H,11-14H2,1H3,(H,22,23). The molecule has 3 rings (SSSR count). The zero-order valence-corrected chi connectivity index (χ0v) is 17.5. The fraction of sp³-hybridized carbons (Fsp3) is 0.250. The van der Waals surface area contributed by atoms with E-state index < -0.39 is 0 Å². The van der Waals surface area contributed by atoms with Crippen molar-refractivity contribution in [3.05, 3.63) is 66.0 Å². The number of methoxy groups -OCH3 is 1. The van der Waals surface area contributed by atoms with E-state index in [1.165, 1.54) is 35.2 Å². The lowest BCUT2D eigenvalue weighted by atomic mass is 10.2. The van der Waals surface area contributed by atoms with Gasteiger partial charge in [-0.1, -0.05) is 53.4 Å². The highest BCUT2D eigenvalue weighted by atomic mass is 32.2. The molecule has 0 fully saturated rings. The molecule has 0 spiro atoms. The first-order chi connectivity index (χ1) is 14.1. The number of carbonyl (C=O) groups is 1. The van der Waals surface area contributed by atoms with Gasteiger partial charge < -0.3 is 15.0 Å². The zero-order valence-electron chi connectivity index (χ0n) is 15.9. The molecule has 0 unspecified atom stereocenters. The van der Waals surface area contributed by atoms with Crippen molar-refractivity contribution >= 4 is 39.8 Å². The summed E-state index contributed by atoms with van der Waals surface area (Å²) in [6.45, 7) is 1.54. The number of hydrogen-bond donors (Lipinski definition) is 1. The number of benzene rings is 2. The summed E-state index contributed by atoms with van der Waals surface area (Å²) < 4.78 is 18.8. The molecule has 1 N–H and O–H groups in total. The van der Waals surface area contributed by atoms with Gasteiger partial charge in [-0.25, -0.2) is 4.39 Å². The van der Waals surface area contributed by atoms with Gasteiger partial charge in [-0.3, -0.25) is 4.79 Å². The van der Waals surface area contributed by atoms with Crippen LogP contribution >= 0.6 is 23.1 Å². The van der Waals surface area contributed by atoms with Gasteiger partial charge in [0.15, 0.2) is 4.34 Å². The fourth-order valence-electron chi connectivity index (χ4n) is 2.49. The molecule has 1 amide bonds. The normalized spacial score (nSPS) is 10.7. The van der Waals surface area contributed by atoms with E-state index in [2.05, 4.69) is 15.5 Å². The van der Waals surface area contributed by atoms with Crippen LogP contribution < -0.4 is 5.32 Å². The molecular weight excluding hydrogens is 411 g/mol. The van der Waals surface area contributed by atoms with E-state index in [0.29, 0.717) is 29.2 Å². The van der Waals surface area contributed by atoms with E-state index in [1.807, 2.05) is 30.3 Å². The minimum Gasteiger partial charge on any atom is -0.383 e. The van der Waals surface area contributed by atoms with Crippen LogP contribution in [0.15, 0.2) is 58.9 Å². The van der Waals surface area contributed by atoms with Gasteiger partial charge >= 0.3 is 0 Å². The molecule has 152 valence electrons. The largest absolute Gasteiger partial charge is 0.383 e. The number of halogens is 1. The van der Waals surface area contributed by atoms with E-state index in [0.717, 1.165) is 11.3 Å². The van der Waals surface area contributed by atoms with Crippen LogP contribution in [0, 0.1) is 5.82 Å². The van der Waals surface area contributed by atoms with Gasteiger partial charge in [-0.2, -0.15) is 0 Å². The number of aromatic nitrogens is 2. The summed E-state index contributed by atoms with van der Waals surface area (Å²) >= 11 is 2.70. The van der Waals surface area contributed by atoms with E-state index in [1.54, 1.807) is 24.1 Å². The molecule has 0 aliphatic rings. The predicted octanol–water partition coefficient (Wildman–Crippen LogP) is 4.19. The van der Waals surface area contributed by atoms with Gasteiger partial charge in [0.1, 0.15) is 5.82 Å². The van der Waals surface area contributed by atoms with E-state index in [9.17, 15) is 9.18 Å². The van der Waals surface area contributed by atoms with Crippen molar-refractivity contribution in [2.75, 3.05) is 31.3 Å². The average Bonchev–Trinajstić information content (AvgIpc) is 3.19. The molecule has 2 aromatic carbocycles. The molecule has 0 atom stereocenters. The highest BCUT2D eigenvalue weighted by Crippen LogP contribution is 2.28. The van der Waals surface area contributed by atoms with Gasteiger partial charge in [0, 0.05) is 25.9 Å². The minimum absolute atomic E-state index is 0.0131. The van der Waals surface area contributed by atoms with Gasteiger partial charge in [0.05, 0.1) is 12.4 Å². The van der Waals surface area contributed by atoms with Gasteiger partial charge in [0.25, 0.3) is 0 Å². The summed E-state index contributed by atoms with van der Waals surface area (Å²) in [7, 11) is 1.62. The number of hydrogen-bond acceptors (Lipinski definition) is 7. The maximum atomic E-state index is 13.0. The van der Waals surface area contributed by atoms with Crippen molar-refractivity contribution in [3.63, 3.8) is 0 Å². The van der Waals surface area contributed by atoms with E-state index in [4.69, 9.17) is 4.74 Å². The quantitative estimate of drug-likeness (QED) is 0.485. The number of rotatable bonds is 10. The minimum atomic E-state index is -0.295. The number of carbonyl (C=O) groups excluding carboxylic acids is 1. The molecule has 0 aliphatic heterocycles. The van der Waals surface area contributed by atoms with Crippen LogP contribution in [0.25, 0.3) is 0 Å². The Morgan fingerprint density at radius 3 is 2.66 bits per heavy atom. The van der Waals surface area contributed by atoms with Crippen molar-refractivity contribution in [1.29, 1.82) is 0 Å². The van der Waals surface area contributed by atoms with Crippen LogP contribution in [0.1, 0.15) is 5.56 Å². The molecule has 6 nitrogen and oxygen atoms in total. The second-order valence-corrected chi connectivity index (χ2v) is 8.29. The van der Waals surface area contributed by atoms with Crippen LogP contribution in [0.5, 0.6) is 0 Å². The predicted molar refractivity (Wildman–Crippen MR) is 114 cm³/mol. The second-order valence-electron chi connectivity index (χ2n) is 6.09. The maximum absolute atomic E-state index is 13.0. The van der Waals surface area contributed by atoms with Crippen LogP contribution in [-0.4, -0.2) is 47.0 Å². The molecule has 29 heavy (non-hydrogen) atoms. The molecule has 0 radical (unpaired) electrons. The van der Waals surface area contributed by atoms with Crippen molar-refractivity contribution in [3.8, 4) is 0 Å². The Kier molecular flexibility index (Phi) is 7.97. The maximum Gasteiger partial charge on any atom is 0.233 e. The summed E-state index contributed by atoms with van der Waals surface area (Å²) in [5.74, 6) is -0.0166. The van der Waals surface area contributed by atoms with Crippen molar-refractivity contribution in [2.45, 2.75) is 10.9 Å². The molecular formula is C20H21FN4O2S2. The van der Waals surface area contributed by atoms with Gasteiger partial charge in [0.2, 0.25) is 11.0 Å². The number of ether oxygens (including phenoxy) is 1. The van der Waals surface area contributed by atoms with E-state index >= 15 is 0 Å². The average molecular weight is 433 g/mol. The molecule has 1 heterocycles. The first-order valence-corrected chi connectivity index (χ1v) is 10.7. The van der Waals surface area contributed by atoms with Crippen molar-refractivity contribution in [1.82, 2.24) is 15.1 Å². The van der Waals surface area contributed by atoms with Gasteiger partial charge in [-0.15, -0.1) is 10.2 Å². The highest BCUT2D eigenvalue weighted by Gasteiger charge is 2.16. The molecule has 0 bridgehead atoms. The topological polar surface area (TPSA) is 67.3 Å². The van der Waals surface area contributed by atoms with Crippen LogP contribution in [0.3, 0.4) is 0 Å². The number of nitrogens with one attached hydrogen (secondary N) is 1. The number of anilines is 2. The lowest BCUT2D eigenvalue weighted by molar-refractivity contribution is -0.129. The third-order valence-electron chi connectivity index (χ3n) is 3.96. The number of amides is 1. The van der Waals surface area contributed by atoms with Crippen LogP contribution in [0.2, 0.25) is 0 Å². The lowest BCUT2D eigenvalue weighted by Gasteiger charge is -2.22. The van der Waals surface area contributed by atoms with Crippen LogP contribution in [-0.2, 0) is 16.1 Å². The van der Waals surface area contributed by atoms with Crippen molar-refractivity contribution in [2.24, 2.45) is 0 Å². The Morgan fingerprint density at radius 2 is 1.93 bits per heavy atom. The van der Waals surface area contributed by atoms with Gasteiger partial charge in [-0.05, 0) is 29.8 Å². The molecule has 0 saturated heterocycles. The van der Waals surface area contributed by atoms with E-state index in [-0.39, 0.29) is 17.5 Å². The summed E-state index contributed by atoms with van der Waals surface area (Å²) in [5, 5.41) is 11.8. The summed E-state index contributed by atoms with van der Waals surface area (Å²) in [4.78, 5) is 14.5. The molecule has 0 aliphatic carbocycles. The zero-order chi connectivity index (χ0) is 20.5. The summed E-state index contributed by atoms with van der Waals surface area (Å²) in [5.41, 5.74) is 1.80. The van der Waals surface area contributed by atoms with Crippen molar-refractivity contribution < 1.29 is 13.9 Å². The highest BCUT2D eigenvalue weighted by molar-refractivity contribution is 8.01. The first kappa shape index (κ1) is 21.2. The SMILES string of the molecule is COCCN(Cc1ccccc1)C(=O)CSc1nnc(Nc2ccc(F)cc2)s1. The Balaban J connectivity index is 1.55. The number of thioether (sulfide) groups is 1. The Labute approximate surface area is 177 Å². The third kappa shape index (κ3) is 6.81. The monoisotopic (exact) mass is 432 g/mol. The van der Waals surface area contributed by atoms with Crippen LogP contribution in [0.4, 0.5) is 15.2 Å².